The fourth-order valence-corrected chi connectivity index (χ4v) is 3.05. The quantitative estimate of drug-likeness (QED) is 0.923. The summed E-state index contributed by atoms with van der Waals surface area (Å²) in [6.45, 7) is 2.19. The molecule has 3 rings (SSSR count). The lowest BCUT2D eigenvalue weighted by Gasteiger charge is -2.25. The highest BCUT2D eigenvalue weighted by Crippen LogP contribution is 2.31. The molecule has 1 saturated heterocycles. The molecule has 0 bridgehead atoms. The number of halogens is 1. The van der Waals surface area contributed by atoms with Gasteiger partial charge >= 0.3 is 0 Å². The van der Waals surface area contributed by atoms with Crippen molar-refractivity contribution >= 4 is 15.9 Å². The zero-order valence-electron chi connectivity index (χ0n) is 10.1. The van der Waals surface area contributed by atoms with Gasteiger partial charge in [0.1, 0.15) is 0 Å². The molecule has 1 aliphatic rings. The third-order valence-corrected chi connectivity index (χ3v) is 4.21. The van der Waals surface area contributed by atoms with Crippen LogP contribution in [0.3, 0.4) is 0 Å². The zero-order valence-corrected chi connectivity index (χ0v) is 11.7. The summed E-state index contributed by atoms with van der Waals surface area (Å²) in [5, 5.41) is 3.40. The minimum Gasteiger partial charge on any atom is -0.327 e. The second kappa shape index (κ2) is 5.24. The molecule has 1 aliphatic heterocycles. The first-order chi connectivity index (χ1) is 8.86. The molecule has 0 aliphatic carbocycles. The van der Waals surface area contributed by atoms with E-state index in [4.69, 9.17) is 0 Å². The minimum atomic E-state index is 0.566. The molecule has 18 heavy (non-hydrogen) atoms. The third kappa shape index (κ3) is 2.22. The summed E-state index contributed by atoms with van der Waals surface area (Å²) in [7, 11) is 0. The highest BCUT2D eigenvalue weighted by Gasteiger charge is 2.18. The minimum absolute atomic E-state index is 0.566. The monoisotopic (exact) mass is 305 g/mol. The standard InChI is InChI=1S/C14H16BrN3/c15-13-4-2-1-3-12(13)14-9-17-10-18(14)11-5-7-16-8-6-11/h1-4,9-11,16H,5-8H2. The summed E-state index contributed by atoms with van der Waals surface area (Å²) in [6, 6.07) is 8.89. The van der Waals surface area contributed by atoms with Crippen molar-refractivity contribution in [1.29, 1.82) is 0 Å². The van der Waals surface area contributed by atoms with Gasteiger partial charge in [0.25, 0.3) is 0 Å². The van der Waals surface area contributed by atoms with E-state index < -0.39 is 0 Å². The Balaban J connectivity index is 1.98. The summed E-state index contributed by atoms with van der Waals surface area (Å²) in [6.07, 6.45) is 6.27. The Labute approximate surface area is 115 Å². The van der Waals surface area contributed by atoms with Crippen LogP contribution in [0.25, 0.3) is 11.3 Å². The maximum Gasteiger partial charge on any atom is 0.0953 e. The molecule has 0 atom stereocenters. The lowest BCUT2D eigenvalue weighted by Crippen LogP contribution is -2.29. The van der Waals surface area contributed by atoms with Crippen molar-refractivity contribution in [3.8, 4) is 11.3 Å². The predicted octanol–water partition coefficient (Wildman–Crippen LogP) is 3.24. The molecular weight excluding hydrogens is 290 g/mol. The van der Waals surface area contributed by atoms with E-state index in [9.17, 15) is 0 Å². The molecule has 1 N–H and O–H groups in total. The lowest BCUT2D eigenvalue weighted by atomic mass is 10.1. The van der Waals surface area contributed by atoms with Crippen molar-refractivity contribution in [1.82, 2.24) is 14.9 Å². The highest BCUT2D eigenvalue weighted by molar-refractivity contribution is 9.10. The molecule has 2 heterocycles. The number of hydrogen-bond donors (Lipinski definition) is 1. The largest absolute Gasteiger partial charge is 0.327 e. The van der Waals surface area contributed by atoms with E-state index >= 15 is 0 Å². The van der Waals surface area contributed by atoms with Gasteiger partial charge in [0.15, 0.2) is 0 Å². The molecule has 4 heteroatoms. The van der Waals surface area contributed by atoms with Gasteiger partial charge in [0.05, 0.1) is 18.2 Å². The molecule has 1 fully saturated rings. The lowest BCUT2D eigenvalue weighted by molar-refractivity contribution is 0.370. The second-order valence-electron chi connectivity index (χ2n) is 4.65. The van der Waals surface area contributed by atoms with Gasteiger partial charge in [-0.1, -0.05) is 34.1 Å². The molecule has 0 radical (unpaired) electrons. The number of nitrogens with zero attached hydrogens (tertiary/aromatic N) is 2. The molecule has 0 unspecified atom stereocenters. The van der Waals surface area contributed by atoms with Crippen LogP contribution in [0.5, 0.6) is 0 Å². The molecule has 94 valence electrons. The molecule has 3 nitrogen and oxygen atoms in total. The number of imidazole rings is 1. The first-order valence-electron chi connectivity index (χ1n) is 6.34. The predicted molar refractivity (Wildman–Crippen MR) is 76.5 cm³/mol. The van der Waals surface area contributed by atoms with Crippen molar-refractivity contribution in [2.75, 3.05) is 13.1 Å². The Hall–Kier alpha value is -1.13. The SMILES string of the molecule is Brc1ccccc1-c1cncn1C1CCNCC1. The fourth-order valence-electron chi connectivity index (χ4n) is 2.56. The number of rotatable bonds is 2. The van der Waals surface area contributed by atoms with Gasteiger partial charge in [-0.3, -0.25) is 0 Å². The van der Waals surface area contributed by atoms with Crippen molar-refractivity contribution < 1.29 is 0 Å². The second-order valence-corrected chi connectivity index (χ2v) is 5.50. The Morgan fingerprint density at radius 2 is 2.00 bits per heavy atom. The van der Waals surface area contributed by atoms with Crippen LogP contribution in [0.1, 0.15) is 18.9 Å². The van der Waals surface area contributed by atoms with Gasteiger partial charge in [-0.25, -0.2) is 4.98 Å². The zero-order chi connectivity index (χ0) is 12.4. The van der Waals surface area contributed by atoms with Gasteiger partial charge in [-0.2, -0.15) is 0 Å². The van der Waals surface area contributed by atoms with Gasteiger partial charge in [-0.05, 0) is 32.0 Å². The van der Waals surface area contributed by atoms with Gasteiger partial charge in [-0.15, -0.1) is 0 Å². The van der Waals surface area contributed by atoms with E-state index in [1.807, 2.05) is 18.6 Å². The van der Waals surface area contributed by atoms with E-state index in [1.165, 1.54) is 24.1 Å². The normalized spacial score (nSPS) is 16.9. The van der Waals surface area contributed by atoms with Crippen molar-refractivity contribution in [3.05, 3.63) is 41.3 Å². The van der Waals surface area contributed by atoms with Crippen molar-refractivity contribution in [3.63, 3.8) is 0 Å². The number of nitrogens with one attached hydrogen (secondary N) is 1. The van der Waals surface area contributed by atoms with Crippen LogP contribution in [-0.2, 0) is 0 Å². The molecule has 1 aromatic heterocycles. The van der Waals surface area contributed by atoms with Crippen LogP contribution in [0.4, 0.5) is 0 Å². The van der Waals surface area contributed by atoms with E-state index in [0.717, 1.165) is 17.6 Å². The smallest absolute Gasteiger partial charge is 0.0953 e. The maximum atomic E-state index is 4.34. The van der Waals surface area contributed by atoms with E-state index in [2.05, 4.69) is 49.0 Å². The van der Waals surface area contributed by atoms with Crippen LogP contribution in [0.15, 0.2) is 41.3 Å². The molecule has 0 spiro atoms. The number of aromatic nitrogens is 2. The van der Waals surface area contributed by atoms with Crippen LogP contribution >= 0.6 is 15.9 Å². The van der Waals surface area contributed by atoms with Crippen LogP contribution in [-0.4, -0.2) is 22.6 Å². The van der Waals surface area contributed by atoms with E-state index in [0.29, 0.717) is 6.04 Å². The Kier molecular flexibility index (Phi) is 3.48. The molecule has 1 aromatic carbocycles. The van der Waals surface area contributed by atoms with Crippen molar-refractivity contribution in [2.45, 2.75) is 18.9 Å². The van der Waals surface area contributed by atoms with Crippen LogP contribution in [0, 0.1) is 0 Å². The maximum absolute atomic E-state index is 4.34. The Morgan fingerprint density at radius 1 is 1.22 bits per heavy atom. The van der Waals surface area contributed by atoms with Gasteiger partial charge in [0, 0.05) is 16.1 Å². The number of benzene rings is 1. The first-order valence-corrected chi connectivity index (χ1v) is 7.13. The third-order valence-electron chi connectivity index (χ3n) is 3.52. The van der Waals surface area contributed by atoms with Gasteiger partial charge in [0.2, 0.25) is 0 Å². The summed E-state index contributed by atoms with van der Waals surface area (Å²) >= 11 is 3.62. The summed E-state index contributed by atoms with van der Waals surface area (Å²) < 4.78 is 3.45. The summed E-state index contributed by atoms with van der Waals surface area (Å²) in [4.78, 5) is 4.34. The number of hydrogen-bond acceptors (Lipinski definition) is 2. The first kappa shape index (κ1) is 11.9. The fraction of sp³-hybridized carbons (Fsp3) is 0.357. The van der Waals surface area contributed by atoms with Crippen molar-refractivity contribution in [2.24, 2.45) is 0 Å². The highest BCUT2D eigenvalue weighted by atomic mass is 79.9. The van der Waals surface area contributed by atoms with Crippen LogP contribution < -0.4 is 5.32 Å². The molecule has 0 amide bonds. The summed E-state index contributed by atoms with van der Waals surface area (Å²) in [5.41, 5.74) is 2.42. The van der Waals surface area contributed by atoms with Gasteiger partial charge < -0.3 is 9.88 Å². The average Bonchev–Trinajstić information content (AvgIpc) is 2.89. The van der Waals surface area contributed by atoms with E-state index in [1.54, 1.807) is 0 Å². The number of piperidine rings is 1. The van der Waals surface area contributed by atoms with Crippen LogP contribution in [0.2, 0.25) is 0 Å². The average molecular weight is 306 g/mol. The Bertz CT molecular complexity index is 529. The topological polar surface area (TPSA) is 29.9 Å². The molecule has 0 saturated carbocycles. The Morgan fingerprint density at radius 3 is 2.78 bits per heavy atom. The van der Waals surface area contributed by atoms with E-state index in [-0.39, 0.29) is 0 Å². The molecule has 2 aromatic rings. The summed E-state index contributed by atoms with van der Waals surface area (Å²) in [5.74, 6) is 0. The molecular formula is C14H16BrN3.